The van der Waals surface area contributed by atoms with Gasteiger partial charge in [0.1, 0.15) is 5.69 Å². The normalized spacial score (nSPS) is 24.4. The van der Waals surface area contributed by atoms with E-state index in [0.29, 0.717) is 5.82 Å². The van der Waals surface area contributed by atoms with Crippen LogP contribution in [0.4, 0.5) is 5.82 Å². The van der Waals surface area contributed by atoms with Gasteiger partial charge in [0.05, 0.1) is 18.5 Å². The van der Waals surface area contributed by atoms with Crippen LogP contribution < -0.4 is 16.6 Å². The summed E-state index contributed by atoms with van der Waals surface area (Å²) in [4.78, 5) is 20.0. The first-order valence-electron chi connectivity index (χ1n) is 6.11. The molecule has 2 unspecified atom stereocenters. The quantitative estimate of drug-likeness (QED) is 0.535. The van der Waals surface area contributed by atoms with Crippen molar-refractivity contribution in [1.82, 2.24) is 15.3 Å². The molecule has 0 saturated heterocycles. The number of ether oxygens (including phenoxy) is 1. The molecule has 1 aromatic rings. The summed E-state index contributed by atoms with van der Waals surface area (Å²) in [6.45, 7) is 4.14. The predicted octanol–water partition coefficient (Wildman–Crippen LogP) is 0.306. The third-order valence-electron chi connectivity index (χ3n) is 3.80. The standard InChI is InChI=1S/C12H19N5O2/c1-12(2)8(4-9(12)19-3)16-11(18)7-5-15-10(17-13)6-14-7/h5-6,8-9H,4,13H2,1-3H3,(H,15,17)(H,16,18). The number of hydrogen-bond acceptors (Lipinski definition) is 6. The van der Waals surface area contributed by atoms with Crippen molar-refractivity contribution in [2.75, 3.05) is 12.5 Å². The number of aromatic nitrogens is 2. The Morgan fingerprint density at radius 3 is 2.68 bits per heavy atom. The number of nitrogens with one attached hydrogen (secondary N) is 2. The number of methoxy groups -OCH3 is 1. The van der Waals surface area contributed by atoms with E-state index in [9.17, 15) is 4.79 Å². The lowest BCUT2D eigenvalue weighted by Gasteiger charge is -2.51. The molecule has 1 aromatic heterocycles. The van der Waals surface area contributed by atoms with Gasteiger partial charge in [0, 0.05) is 18.6 Å². The molecular formula is C12H19N5O2. The van der Waals surface area contributed by atoms with Crippen LogP contribution in [-0.2, 0) is 4.74 Å². The van der Waals surface area contributed by atoms with Gasteiger partial charge in [0.25, 0.3) is 5.91 Å². The van der Waals surface area contributed by atoms with Crippen molar-refractivity contribution >= 4 is 11.7 Å². The number of rotatable bonds is 4. The van der Waals surface area contributed by atoms with E-state index in [1.807, 2.05) is 0 Å². The highest BCUT2D eigenvalue weighted by Crippen LogP contribution is 2.42. The van der Waals surface area contributed by atoms with E-state index in [-0.39, 0.29) is 29.2 Å². The number of nitrogens with zero attached hydrogens (tertiary/aromatic N) is 2. The lowest BCUT2D eigenvalue weighted by molar-refractivity contribution is -0.0942. The van der Waals surface area contributed by atoms with Crippen LogP contribution in [0.3, 0.4) is 0 Å². The van der Waals surface area contributed by atoms with Crippen molar-refractivity contribution in [2.45, 2.75) is 32.4 Å². The molecule has 0 aromatic carbocycles. The van der Waals surface area contributed by atoms with Crippen LogP contribution in [0.2, 0.25) is 0 Å². The van der Waals surface area contributed by atoms with E-state index in [4.69, 9.17) is 10.6 Å². The molecule has 0 aliphatic heterocycles. The van der Waals surface area contributed by atoms with Crippen molar-refractivity contribution in [3.63, 3.8) is 0 Å². The van der Waals surface area contributed by atoms with E-state index in [0.717, 1.165) is 6.42 Å². The zero-order valence-corrected chi connectivity index (χ0v) is 11.3. The molecule has 1 saturated carbocycles. The molecule has 1 aliphatic carbocycles. The average Bonchev–Trinajstić information content (AvgIpc) is 2.42. The molecule has 1 heterocycles. The largest absolute Gasteiger partial charge is 0.381 e. The number of amides is 1. The first-order chi connectivity index (χ1) is 8.98. The minimum atomic E-state index is -0.233. The van der Waals surface area contributed by atoms with Gasteiger partial charge in [-0.05, 0) is 6.42 Å². The maximum atomic E-state index is 12.0. The molecule has 0 bridgehead atoms. The molecule has 104 valence electrons. The van der Waals surface area contributed by atoms with E-state index in [1.54, 1.807) is 7.11 Å². The van der Waals surface area contributed by atoms with Gasteiger partial charge in [-0.1, -0.05) is 13.8 Å². The molecule has 0 radical (unpaired) electrons. The Hall–Kier alpha value is -1.73. The third-order valence-corrected chi connectivity index (χ3v) is 3.80. The monoisotopic (exact) mass is 265 g/mol. The van der Waals surface area contributed by atoms with Gasteiger partial charge < -0.3 is 15.5 Å². The van der Waals surface area contributed by atoms with Crippen LogP contribution in [0.25, 0.3) is 0 Å². The Balaban J connectivity index is 1.98. The fourth-order valence-corrected chi connectivity index (χ4v) is 2.28. The summed E-state index contributed by atoms with van der Waals surface area (Å²) in [5.74, 6) is 5.37. The highest BCUT2D eigenvalue weighted by atomic mass is 16.5. The number of hydrogen-bond donors (Lipinski definition) is 3. The molecule has 2 rings (SSSR count). The van der Waals surface area contributed by atoms with Crippen LogP contribution in [-0.4, -0.2) is 35.1 Å². The Morgan fingerprint density at radius 1 is 1.47 bits per heavy atom. The molecule has 4 N–H and O–H groups in total. The predicted molar refractivity (Wildman–Crippen MR) is 70.3 cm³/mol. The summed E-state index contributed by atoms with van der Waals surface area (Å²) in [6.07, 6.45) is 3.79. The van der Waals surface area contributed by atoms with E-state index >= 15 is 0 Å². The van der Waals surface area contributed by atoms with Crippen LogP contribution in [0.5, 0.6) is 0 Å². The second-order valence-corrected chi connectivity index (χ2v) is 5.24. The molecule has 0 spiro atoms. The van der Waals surface area contributed by atoms with Crippen LogP contribution in [0, 0.1) is 5.41 Å². The fourth-order valence-electron chi connectivity index (χ4n) is 2.28. The highest BCUT2D eigenvalue weighted by molar-refractivity contribution is 5.92. The molecule has 19 heavy (non-hydrogen) atoms. The van der Waals surface area contributed by atoms with Gasteiger partial charge in [0.2, 0.25) is 0 Å². The summed E-state index contributed by atoms with van der Waals surface area (Å²) >= 11 is 0. The van der Waals surface area contributed by atoms with Crippen molar-refractivity contribution < 1.29 is 9.53 Å². The number of nitrogens with two attached hydrogens (primary N) is 1. The van der Waals surface area contributed by atoms with Crippen LogP contribution in [0.15, 0.2) is 12.4 Å². The van der Waals surface area contributed by atoms with E-state index in [2.05, 4.69) is 34.6 Å². The Morgan fingerprint density at radius 2 is 2.21 bits per heavy atom. The zero-order chi connectivity index (χ0) is 14.0. The van der Waals surface area contributed by atoms with Crippen molar-refractivity contribution in [2.24, 2.45) is 11.3 Å². The molecule has 1 aliphatic rings. The van der Waals surface area contributed by atoms with E-state index in [1.165, 1.54) is 12.4 Å². The summed E-state index contributed by atoms with van der Waals surface area (Å²) in [5.41, 5.74) is 2.56. The number of nitrogen functional groups attached to an aromatic ring is 1. The van der Waals surface area contributed by atoms with Crippen molar-refractivity contribution in [3.8, 4) is 0 Å². The second kappa shape index (κ2) is 5.10. The van der Waals surface area contributed by atoms with Crippen molar-refractivity contribution in [1.29, 1.82) is 0 Å². The zero-order valence-electron chi connectivity index (χ0n) is 11.3. The smallest absolute Gasteiger partial charge is 0.271 e. The van der Waals surface area contributed by atoms with Gasteiger partial charge in [-0.3, -0.25) is 4.79 Å². The van der Waals surface area contributed by atoms with Gasteiger partial charge in [-0.2, -0.15) is 0 Å². The first-order valence-corrected chi connectivity index (χ1v) is 6.11. The maximum absolute atomic E-state index is 12.0. The lowest BCUT2D eigenvalue weighted by Crippen LogP contribution is -2.61. The molecule has 1 amide bonds. The van der Waals surface area contributed by atoms with Gasteiger partial charge in [-0.15, -0.1) is 0 Å². The maximum Gasteiger partial charge on any atom is 0.271 e. The number of hydrazine groups is 1. The van der Waals surface area contributed by atoms with Gasteiger partial charge in [0.15, 0.2) is 5.82 Å². The minimum absolute atomic E-state index is 0.0728. The Kier molecular flexibility index (Phi) is 3.68. The summed E-state index contributed by atoms with van der Waals surface area (Å²) < 4.78 is 5.35. The van der Waals surface area contributed by atoms with E-state index < -0.39 is 0 Å². The summed E-state index contributed by atoms with van der Waals surface area (Å²) in [7, 11) is 1.69. The molecular weight excluding hydrogens is 246 g/mol. The number of anilines is 1. The fraction of sp³-hybridized carbons (Fsp3) is 0.583. The number of carbonyl (C=O) groups excluding carboxylic acids is 1. The third kappa shape index (κ3) is 2.52. The first kappa shape index (κ1) is 13.7. The summed E-state index contributed by atoms with van der Waals surface area (Å²) in [5, 5.41) is 2.95. The molecule has 7 nitrogen and oxygen atoms in total. The van der Waals surface area contributed by atoms with Gasteiger partial charge >= 0.3 is 0 Å². The van der Waals surface area contributed by atoms with Crippen molar-refractivity contribution in [3.05, 3.63) is 18.1 Å². The second-order valence-electron chi connectivity index (χ2n) is 5.24. The molecule has 7 heteroatoms. The minimum Gasteiger partial charge on any atom is -0.381 e. The van der Waals surface area contributed by atoms with Gasteiger partial charge in [-0.25, -0.2) is 15.8 Å². The topological polar surface area (TPSA) is 102 Å². The van der Waals surface area contributed by atoms with Crippen LogP contribution >= 0.6 is 0 Å². The SMILES string of the molecule is COC1CC(NC(=O)c2cnc(NN)cn2)C1(C)C. The molecule has 2 atom stereocenters. The Labute approximate surface area is 111 Å². The lowest BCUT2D eigenvalue weighted by atomic mass is 9.64. The number of carbonyl (C=O) groups is 1. The van der Waals surface area contributed by atoms with Crippen LogP contribution in [0.1, 0.15) is 30.8 Å². The highest BCUT2D eigenvalue weighted by Gasteiger charge is 2.49. The Bertz CT molecular complexity index is 460. The molecule has 1 fully saturated rings. The average molecular weight is 265 g/mol. The summed E-state index contributed by atoms with van der Waals surface area (Å²) in [6, 6.07) is 0.0825.